The van der Waals surface area contributed by atoms with E-state index < -0.39 is 0 Å². The van der Waals surface area contributed by atoms with Gasteiger partial charge in [-0.3, -0.25) is 4.79 Å². The maximum Gasteiger partial charge on any atom is 0.333 e. The summed E-state index contributed by atoms with van der Waals surface area (Å²) in [5.41, 5.74) is 0.559. The fraction of sp³-hybridized carbons (Fsp3) is 0.667. The number of fused-ring (bicyclic) bond motifs is 1. The molecule has 0 saturated carbocycles. The third-order valence-corrected chi connectivity index (χ3v) is 3.29. The highest BCUT2D eigenvalue weighted by Crippen LogP contribution is 2.41. The van der Waals surface area contributed by atoms with Gasteiger partial charge in [0.05, 0.1) is 25.3 Å². The van der Waals surface area contributed by atoms with Gasteiger partial charge in [0.2, 0.25) is 5.91 Å². The van der Waals surface area contributed by atoms with Gasteiger partial charge in [0.25, 0.3) is 0 Å². The van der Waals surface area contributed by atoms with Gasteiger partial charge in [-0.05, 0) is 6.08 Å². The lowest BCUT2D eigenvalue weighted by Gasteiger charge is -2.19. The summed E-state index contributed by atoms with van der Waals surface area (Å²) in [6, 6.07) is -0.0294. The molecule has 0 spiro atoms. The van der Waals surface area contributed by atoms with E-state index in [9.17, 15) is 9.59 Å². The predicted octanol–water partition coefficient (Wildman–Crippen LogP) is 0.0779. The minimum Gasteiger partial charge on any atom is -0.466 e. The van der Waals surface area contributed by atoms with E-state index >= 15 is 0 Å². The third-order valence-electron chi connectivity index (χ3n) is 3.29. The van der Waals surface area contributed by atoms with Crippen LogP contribution in [0, 0.1) is 0 Å². The van der Waals surface area contributed by atoms with E-state index in [1.165, 1.54) is 21.1 Å². The Morgan fingerprint density at radius 2 is 2.17 bits per heavy atom. The van der Waals surface area contributed by atoms with Gasteiger partial charge in [-0.25, -0.2) is 4.79 Å². The molecule has 2 aliphatic rings. The topological polar surface area (TPSA) is 64.8 Å². The SMILES string of the molecule is COCO[C@@H]1CC(C(=O)OC)=C[C@H]2[C@@H]1N2C(C)=O. The Morgan fingerprint density at radius 1 is 1.44 bits per heavy atom. The van der Waals surface area contributed by atoms with Crippen molar-refractivity contribution in [2.24, 2.45) is 0 Å². The molecule has 0 aromatic rings. The average molecular weight is 255 g/mol. The Morgan fingerprint density at radius 3 is 2.72 bits per heavy atom. The van der Waals surface area contributed by atoms with Crippen LogP contribution in [0.3, 0.4) is 0 Å². The van der Waals surface area contributed by atoms with Crippen LogP contribution in [0.25, 0.3) is 0 Å². The Kier molecular flexibility index (Phi) is 3.68. The van der Waals surface area contributed by atoms with Crippen LogP contribution in [0.5, 0.6) is 0 Å². The van der Waals surface area contributed by atoms with Crippen molar-refractivity contribution >= 4 is 11.9 Å². The zero-order valence-corrected chi connectivity index (χ0v) is 10.7. The molecule has 0 unspecified atom stereocenters. The van der Waals surface area contributed by atoms with Crippen LogP contribution in [0.1, 0.15) is 13.3 Å². The minimum atomic E-state index is -0.366. The number of ether oxygens (including phenoxy) is 3. The standard InChI is InChI=1S/C12H17NO5/c1-7(14)13-9-4-8(12(15)17-3)5-10(11(9)13)18-6-16-2/h4,9-11H,5-6H2,1-3H3/t9-,10+,11-,13?/m0/s1. The first-order chi connectivity index (χ1) is 8.60. The molecule has 2 rings (SSSR count). The van der Waals surface area contributed by atoms with Gasteiger partial charge in [-0.2, -0.15) is 0 Å². The molecule has 1 heterocycles. The van der Waals surface area contributed by atoms with Crippen molar-refractivity contribution in [2.75, 3.05) is 21.0 Å². The Bertz CT molecular complexity index is 392. The molecule has 0 bridgehead atoms. The molecule has 0 N–H and O–H groups in total. The van der Waals surface area contributed by atoms with Crippen molar-refractivity contribution in [2.45, 2.75) is 31.5 Å². The molecular weight excluding hydrogens is 238 g/mol. The first kappa shape index (κ1) is 13.0. The number of hydrogen-bond donors (Lipinski definition) is 0. The largest absolute Gasteiger partial charge is 0.466 e. The molecular formula is C12H17NO5. The smallest absolute Gasteiger partial charge is 0.333 e. The first-order valence-corrected chi connectivity index (χ1v) is 5.78. The lowest BCUT2D eigenvalue weighted by molar-refractivity contribution is -0.137. The highest BCUT2D eigenvalue weighted by Gasteiger charge is 2.56. The van der Waals surface area contributed by atoms with Crippen LogP contribution >= 0.6 is 0 Å². The number of carbonyl (C=O) groups is 2. The molecule has 18 heavy (non-hydrogen) atoms. The zero-order chi connectivity index (χ0) is 13.3. The van der Waals surface area contributed by atoms with Crippen LogP contribution in [0.2, 0.25) is 0 Å². The second kappa shape index (κ2) is 5.07. The van der Waals surface area contributed by atoms with Crippen LogP contribution < -0.4 is 0 Å². The monoisotopic (exact) mass is 255 g/mol. The summed E-state index contributed by atoms with van der Waals surface area (Å²) in [6.45, 7) is 1.66. The van der Waals surface area contributed by atoms with E-state index in [0.717, 1.165) is 0 Å². The third kappa shape index (κ3) is 2.26. The fourth-order valence-electron chi connectivity index (χ4n) is 2.47. The van der Waals surface area contributed by atoms with E-state index in [1.54, 1.807) is 11.0 Å². The summed E-state index contributed by atoms with van der Waals surface area (Å²) in [5.74, 6) is -0.381. The van der Waals surface area contributed by atoms with E-state index in [4.69, 9.17) is 14.2 Å². The molecule has 1 fully saturated rings. The molecule has 0 radical (unpaired) electrons. The highest BCUT2D eigenvalue weighted by molar-refractivity contribution is 5.90. The van der Waals surface area contributed by atoms with E-state index in [0.29, 0.717) is 12.0 Å². The molecule has 1 amide bonds. The number of carbonyl (C=O) groups excluding carboxylic acids is 2. The van der Waals surface area contributed by atoms with Crippen molar-refractivity contribution in [3.05, 3.63) is 11.6 Å². The molecule has 6 nitrogen and oxygen atoms in total. The quantitative estimate of drug-likeness (QED) is 0.404. The summed E-state index contributed by atoms with van der Waals surface area (Å²) in [7, 11) is 2.88. The molecule has 1 aliphatic heterocycles. The molecule has 1 aliphatic carbocycles. The van der Waals surface area contributed by atoms with Crippen LogP contribution in [-0.2, 0) is 23.8 Å². The summed E-state index contributed by atoms with van der Waals surface area (Å²) < 4.78 is 15.1. The number of hydrogen-bond acceptors (Lipinski definition) is 5. The maximum atomic E-state index is 11.5. The Labute approximate surface area is 105 Å². The van der Waals surface area contributed by atoms with Crippen LogP contribution in [0.4, 0.5) is 0 Å². The molecule has 3 atom stereocenters. The van der Waals surface area contributed by atoms with Gasteiger partial charge in [0.1, 0.15) is 6.79 Å². The van der Waals surface area contributed by atoms with Crippen molar-refractivity contribution in [1.82, 2.24) is 4.90 Å². The molecule has 1 saturated heterocycles. The molecule has 0 aromatic carbocycles. The van der Waals surface area contributed by atoms with Gasteiger partial charge in [-0.1, -0.05) is 0 Å². The normalized spacial score (nSPS) is 29.4. The molecule has 100 valence electrons. The van der Waals surface area contributed by atoms with Crippen molar-refractivity contribution in [3.8, 4) is 0 Å². The lowest BCUT2D eigenvalue weighted by atomic mass is 9.97. The van der Waals surface area contributed by atoms with E-state index in [-0.39, 0.29) is 36.9 Å². The van der Waals surface area contributed by atoms with Crippen molar-refractivity contribution < 1.29 is 23.8 Å². The van der Waals surface area contributed by atoms with Gasteiger partial charge >= 0.3 is 5.97 Å². The first-order valence-electron chi connectivity index (χ1n) is 5.78. The van der Waals surface area contributed by atoms with Gasteiger partial charge in [0.15, 0.2) is 0 Å². The Hall–Kier alpha value is -1.40. The molecule has 6 heteroatoms. The van der Waals surface area contributed by atoms with Crippen molar-refractivity contribution in [1.29, 1.82) is 0 Å². The summed E-state index contributed by atoms with van der Waals surface area (Å²) in [6.07, 6.45) is 2.03. The van der Waals surface area contributed by atoms with Gasteiger partial charge < -0.3 is 19.1 Å². The number of nitrogens with zero attached hydrogens (tertiary/aromatic N) is 1. The summed E-state index contributed by atoms with van der Waals surface area (Å²) in [4.78, 5) is 24.7. The predicted molar refractivity (Wildman–Crippen MR) is 61.6 cm³/mol. The highest BCUT2D eigenvalue weighted by atomic mass is 16.7. The average Bonchev–Trinajstić information content (AvgIpc) is 3.09. The second-order valence-electron chi connectivity index (χ2n) is 4.41. The number of amides is 1. The molecule has 0 aromatic heterocycles. The zero-order valence-electron chi connectivity index (χ0n) is 10.7. The van der Waals surface area contributed by atoms with E-state index in [1.807, 2.05) is 0 Å². The number of methoxy groups -OCH3 is 2. The van der Waals surface area contributed by atoms with Gasteiger partial charge in [-0.15, -0.1) is 0 Å². The van der Waals surface area contributed by atoms with E-state index in [2.05, 4.69) is 0 Å². The number of esters is 1. The van der Waals surface area contributed by atoms with Gasteiger partial charge in [0, 0.05) is 26.0 Å². The Balaban J connectivity index is 2.12. The van der Waals surface area contributed by atoms with Crippen molar-refractivity contribution in [3.63, 3.8) is 0 Å². The summed E-state index contributed by atoms with van der Waals surface area (Å²) in [5, 5.41) is 0. The van der Waals surface area contributed by atoms with Crippen LogP contribution in [-0.4, -0.2) is 56.0 Å². The lowest BCUT2D eigenvalue weighted by Crippen LogP contribution is -2.29. The minimum absolute atomic E-state index is 0.0154. The second-order valence-corrected chi connectivity index (χ2v) is 4.41. The van der Waals surface area contributed by atoms with Crippen LogP contribution in [0.15, 0.2) is 11.6 Å². The maximum absolute atomic E-state index is 11.5. The summed E-state index contributed by atoms with van der Waals surface area (Å²) >= 11 is 0. The fourth-order valence-corrected chi connectivity index (χ4v) is 2.47. The number of rotatable bonds is 4.